The van der Waals surface area contributed by atoms with E-state index in [0.717, 1.165) is 5.76 Å². The van der Waals surface area contributed by atoms with E-state index in [1.54, 1.807) is 6.08 Å². The molecule has 100 valence electrons. The van der Waals surface area contributed by atoms with Crippen LogP contribution in [0.3, 0.4) is 0 Å². The fourth-order valence-electron chi connectivity index (χ4n) is 1.64. The predicted molar refractivity (Wildman–Crippen MR) is 71.0 cm³/mol. The lowest BCUT2D eigenvalue weighted by atomic mass is 10.0. The SMILES string of the molecule is Cc1ccc(/C=C/C(=O)NC(CCO)C(C)C)o1. The summed E-state index contributed by atoms with van der Waals surface area (Å²) in [7, 11) is 0. The summed E-state index contributed by atoms with van der Waals surface area (Å²) in [5, 5.41) is 11.8. The number of carbonyl (C=O) groups is 1. The first-order chi connectivity index (χ1) is 8.52. The molecular formula is C14H21NO3. The van der Waals surface area contributed by atoms with Gasteiger partial charge in [-0.3, -0.25) is 4.79 Å². The van der Waals surface area contributed by atoms with E-state index in [0.29, 0.717) is 18.1 Å². The molecule has 4 nitrogen and oxygen atoms in total. The summed E-state index contributed by atoms with van der Waals surface area (Å²) in [6.45, 7) is 5.96. The molecular weight excluding hydrogens is 230 g/mol. The Balaban J connectivity index is 2.52. The van der Waals surface area contributed by atoms with Crippen LogP contribution >= 0.6 is 0 Å². The zero-order valence-corrected chi connectivity index (χ0v) is 11.1. The van der Waals surface area contributed by atoms with Gasteiger partial charge in [0, 0.05) is 18.7 Å². The third kappa shape index (κ3) is 4.75. The third-order valence-corrected chi connectivity index (χ3v) is 2.73. The fourth-order valence-corrected chi connectivity index (χ4v) is 1.64. The van der Waals surface area contributed by atoms with Crippen molar-refractivity contribution in [3.63, 3.8) is 0 Å². The second-order valence-corrected chi connectivity index (χ2v) is 4.65. The van der Waals surface area contributed by atoms with E-state index < -0.39 is 0 Å². The highest BCUT2D eigenvalue weighted by atomic mass is 16.3. The van der Waals surface area contributed by atoms with E-state index in [2.05, 4.69) is 5.32 Å². The Kier molecular flexibility index (Phi) is 5.65. The summed E-state index contributed by atoms with van der Waals surface area (Å²) in [5.41, 5.74) is 0. The van der Waals surface area contributed by atoms with Crippen LogP contribution in [0.25, 0.3) is 6.08 Å². The summed E-state index contributed by atoms with van der Waals surface area (Å²) in [6, 6.07) is 3.65. The van der Waals surface area contributed by atoms with Crippen molar-refractivity contribution in [2.24, 2.45) is 5.92 Å². The molecule has 4 heteroatoms. The van der Waals surface area contributed by atoms with Crippen molar-refractivity contribution in [2.45, 2.75) is 33.2 Å². The molecule has 0 saturated carbocycles. The Morgan fingerprint density at radius 2 is 2.22 bits per heavy atom. The van der Waals surface area contributed by atoms with Crippen molar-refractivity contribution in [2.75, 3.05) is 6.61 Å². The van der Waals surface area contributed by atoms with Crippen molar-refractivity contribution in [1.29, 1.82) is 0 Å². The predicted octanol–water partition coefficient (Wildman–Crippen LogP) is 2.12. The molecule has 0 radical (unpaired) electrons. The van der Waals surface area contributed by atoms with Gasteiger partial charge in [0.15, 0.2) is 0 Å². The zero-order chi connectivity index (χ0) is 13.5. The number of carbonyl (C=O) groups excluding carboxylic acids is 1. The summed E-state index contributed by atoms with van der Waals surface area (Å²) in [6.07, 6.45) is 3.65. The number of aryl methyl sites for hydroxylation is 1. The summed E-state index contributed by atoms with van der Waals surface area (Å²) >= 11 is 0. The van der Waals surface area contributed by atoms with Crippen LogP contribution in [0.1, 0.15) is 31.8 Å². The van der Waals surface area contributed by atoms with Crippen molar-refractivity contribution in [3.8, 4) is 0 Å². The van der Waals surface area contributed by atoms with E-state index in [1.807, 2.05) is 32.9 Å². The molecule has 1 heterocycles. The van der Waals surface area contributed by atoms with Crippen LogP contribution in [0.4, 0.5) is 0 Å². The number of hydrogen-bond acceptors (Lipinski definition) is 3. The van der Waals surface area contributed by atoms with Crippen LogP contribution in [0.15, 0.2) is 22.6 Å². The molecule has 0 bridgehead atoms. The molecule has 1 aromatic rings. The van der Waals surface area contributed by atoms with Crippen molar-refractivity contribution >= 4 is 12.0 Å². The van der Waals surface area contributed by atoms with Crippen LogP contribution in [0.5, 0.6) is 0 Å². The van der Waals surface area contributed by atoms with Gasteiger partial charge in [-0.1, -0.05) is 13.8 Å². The van der Waals surface area contributed by atoms with Gasteiger partial charge in [-0.25, -0.2) is 0 Å². The molecule has 0 aliphatic heterocycles. The van der Waals surface area contributed by atoms with Gasteiger partial charge in [0.1, 0.15) is 11.5 Å². The average Bonchev–Trinajstić information content (AvgIpc) is 2.72. The van der Waals surface area contributed by atoms with Crippen LogP contribution in [-0.4, -0.2) is 23.7 Å². The second kappa shape index (κ2) is 7.01. The third-order valence-electron chi connectivity index (χ3n) is 2.73. The van der Waals surface area contributed by atoms with Gasteiger partial charge in [0.2, 0.25) is 5.91 Å². The molecule has 1 atom stereocenters. The Morgan fingerprint density at radius 3 is 2.72 bits per heavy atom. The Hall–Kier alpha value is -1.55. The van der Waals surface area contributed by atoms with E-state index in [1.165, 1.54) is 6.08 Å². The topological polar surface area (TPSA) is 62.5 Å². The molecule has 0 fully saturated rings. The first-order valence-corrected chi connectivity index (χ1v) is 6.18. The second-order valence-electron chi connectivity index (χ2n) is 4.65. The normalized spacial score (nSPS) is 13.2. The molecule has 0 saturated heterocycles. The maximum absolute atomic E-state index is 11.7. The fraction of sp³-hybridized carbons (Fsp3) is 0.500. The lowest BCUT2D eigenvalue weighted by Crippen LogP contribution is -2.38. The van der Waals surface area contributed by atoms with E-state index >= 15 is 0 Å². The molecule has 1 unspecified atom stereocenters. The quantitative estimate of drug-likeness (QED) is 0.761. The smallest absolute Gasteiger partial charge is 0.244 e. The first-order valence-electron chi connectivity index (χ1n) is 6.18. The first kappa shape index (κ1) is 14.5. The molecule has 0 aliphatic carbocycles. The maximum atomic E-state index is 11.7. The standard InChI is InChI=1S/C14H21NO3/c1-10(2)13(8-9-16)15-14(17)7-6-12-5-4-11(3)18-12/h4-7,10,13,16H,8-9H2,1-3H3,(H,15,17)/b7-6+. The van der Waals surface area contributed by atoms with Crippen molar-refractivity contribution < 1.29 is 14.3 Å². The highest BCUT2D eigenvalue weighted by Gasteiger charge is 2.13. The van der Waals surface area contributed by atoms with E-state index in [-0.39, 0.29) is 18.6 Å². The monoisotopic (exact) mass is 251 g/mol. The Morgan fingerprint density at radius 1 is 1.50 bits per heavy atom. The molecule has 2 N–H and O–H groups in total. The number of aliphatic hydroxyl groups excluding tert-OH is 1. The maximum Gasteiger partial charge on any atom is 0.244 e. The molecule has 0 spiro atoms. The van der Waals surface area contributed by atoms with E-state index in [4.69, 9.17) is 9.52 Å². The minimum atomic E-state index is -0.170. The molecule has 1 amide bonds. The molecule has 1 aromatic heterocycles. The van der Waals surface area contributed by atoms with Crippen LogP contribution in [0, 0.1) is 12.8 Å². The molecule has 18 heavy (non-hydrogen) atoms. The zero-order valence-electron chi connectivity index (χ0n) is 11.1. The Bertz CT molecular complexity index is 407. The lowest BCUT2D eigenvalue weighted by Gasteiger charge is -2.20. The minimum Gasteiger partial charge on any atom is -0.462 e. The largest absolute Gasteiger partial charge is 0.462 e. The van der Waals surface area contributed by atoms with Crippen LogP contribution < -0.4 is 5.32 Å². The summed E-state index contributed by atoms with van der Waals surface area (Å²) in [4.78, 5) is 11.7. The summed E-state index contributed by atoms with van der Waals surface area (Å²) < 4.78 is 5.33. The van der Waals surface area contributed by atoms with Gasteiger partial charge >= 0.3 is 0 Å². The van der Waals surface area contributed by atoms with Gasteiger partial charge < -0.3 is 14.8 Å². The molecule has 0 aliphatic rings. The molecule has 0 aromatic carbocycles. The van der Waals surface area contributed by atoms with Gasteiger partial charge in [-0.15, -0.1) is 0 Å². The number of amides is 1. The van der Waals surface area contributed by atoms with Gasteiger partial charge in [-0.05, 0) is 37.5 Å². The van der Waals surface area contributed by atoms with Gasteiger partial charge in [0.25, 0.3) is 0 Å². The number of hydrogen-bond donors (Lipinski definition) is 2. The van der Waals surface area contributed by atoms with Gasteiger partial charge in [0.05, 0.1) is 0 Å². The molecule has 1 rings (SSSR count). The highest BCUT2D eigenvalue weighted by molar-refractivity contribution is 5.91. The number of rotatable bonds is 6. The lowest BCUT2D eigenvalue weighted by molar-refractivity contribution is -0.117. The summed E-state index contributed by atoms with van der Waals surface area (Å²) in [5.74, 6) is 1.60. The average molecular weight is 251 g/mol. The van der Waals surface area contributed by atoms with Crippen LogP contribution in [-0.2, 0) is 4.79 Å². The highest BCUT2D eigenvalue weighted by Crippen LogP contribution is 2.08. The van der Waals surface area contributed by atoms with E-state index in [9.17, 15) is 4.79 Å². The number of aliphatic hydroxyl groups is 1. The van der Waals surface area contributed by atoms with Crippen molar-refractivity contribution in [3.05, 3.63) is 29.7 Å². The Labute approximate surface area is 108 Å². The minimum absolute atomic E-state index is 0.00881. The van der Waals surface area contributed by atoms with Gasteiger partial charge in [-0.2, -0.15) is 0 Å². The number of furan rings is 1. The number of nitrogens with one attached hydrogen (secondary N) is 1. The van der Waals surface area contributed by atoms with Crippen LogP contribution in [0.2, 0.25) is 0 Å². The van der Waals surface area contributed by atoms with Crippen molar-refractivity contribution in [1.82, 2.24) is 5.32 Å².